The Bertz CT molecular complexity index is 905. The highest BCUT2D eigenvalue weighted by molar-refractivity contribution is 7.89. The van der Waals surface area contributed by atoms with Crippen molar-refractivity contribution in [2.45, 2.75) is 71.6 Å². The van der Waals surface area contributed by atoms with Crippen molar-refractivity contribution in [2.75, 3.05) is 12.3 Å². The van der Waals surface area contributed by atoms with E-state index < -0.39 is 33.6 Å². The van der Waals surface area contributed by atoms with E-state index >= 15 is 0 Å². The van der Waals surface area contributed by atoms with Crippen molar-refractivity contribution in [2.24, 2.45) is 5.92 Å². The maximum absolute atomic E-state index is 12.9. The lowest BCUT2D eigenvalue weighted by molar-refractivity contribution is -0.150. The van der Waals surface area contributed by atoms with Crippen molar-refractivity contribution in [3.63, 3.8) is 0 Å². The lowest BCUT2D eigenvalue weighted by Gasteiger charge is -2.38. The molecule has 166 valence electrons. The van der Waals surface area contributed by atoms with Crippen LogP contribution in [0, 0.1) is 17.8 Å². The van der Waals surface area contributed by atoms with Crippen LogP contribution in [0.2, 0.25) is 0 Å². The zero-order chi connectivity index (χ0) is 22.5. The van der Waals surface area contributed by atoms with Crippen LogP contribution in [0.3, 0.4) is 0 Å². The Morgan fingerprint density at radius 2 is 2.00 bits per heavy atom. The van der Waals surface area contributed by atoms with E-state index in [0.717, 1.165) is 24.0 Å². The number of hydrogen-bond donors (Lipinski definition) is 2. The molecule has 2 rings (SSSR count). The first kappa shape index (κ1) is 24.4. The van der Waals surface area contributed by atoms with Gasteiger partial charge in [0, 0.05) is 24.1 Å². The number of carbonyl (C=O) groups excluding carboxylic acids is 1. The van der Waals surface area contributed by atoms with E-state index in [-0.39, 0.29) is 5.75 Å². The molecule has 1 fully saturated rings. The molecule has 2 atom stereocenters. The zero-order valence-electron chi connectivity index (χ0n) is 18.6. The van der Waals surface area contributed by atoms with Gasteiger partial charge < -0.3 is 10.0 Å². The molecule has 1 aliphatic carbocycles. The van der Waals surface area contributed by atoms with Crippen LogP contribution in [-0.2, 0) is 21.2 Å². The number of carbonyl (C=O) groups is 1. The average Bonchev–Trinajstić information content (AvgIpc) is 3.50. The summed E-state index contributed by atoms with van der Waals surface area (Å²) in [6.45, 7) is 8.41. The van der Waals surface area contributed by atoms with Crippen LogP contribution in [0.25, 0.3) is 0 Å². The van der Waals surface area contributed by atoms with Crippen molar-refractivity contribution < 1.29 is 18.3 Å². The molecule has 2 N–H and O–H groups in total. The second kappa shape index (κ2) is 9.95. The highest BCUT2D eigenvalue weighted by Gasteiger charge is 2.36. The highest BCUT2D eigenvalue weighted by atomic mass is 32.2. The molecule has 2 unspecified atom stereocenters. The van der Waals surface area contributed by atoms with Crippen LogP contribution in [0.4, 0.5) is 0 Å². The van der Waals surface area contributed by atoms with Crippen LogP contribution < -0.4 is 4.72 Å². The van der Waals surface area contributed by atoms with Gasteiger partial charge in [-0.2, -0.15) is 0 Å². The van der Waals surface area contributed by atoms with Crippen molar-refractivity contribution in [1.29, 1.82) is 0 Å². The predicted octanol–water partition coefficient (Wildman–Crippen LogP) is 2.31. The summed E-state index contributed by atoms with van der Waals surface area (Å²) in [6, 6.07) is 6.85. The fourth-order valence-corrected chi connectivity index (χ4v) is 4.20. The second-order valence-electron chi connectivity index (χ2n) is 8.48. The normalized spacial score (nSPS) is 16.3. The molecule has 6 nitrogen and oxygen atoms in total. The summed E-state index contributed by atoms with van der Waals surface area (Å²) in [4.78, 5) is 14.5. The molecule has 30 heavy (non-hydrogen) atoms. The Balaban J connectivity index is 2.34. The van der Waals surface area contributed by atoms with Crippen LogP contribution in [0.15, 0.2) is 24.3 Å². The molecule has 1 aromatic rings. The molecule has 0 bridgehead atoms. The quantitative estimate of drug-likeness (QED) is 0.584. The summed E-state index contributed by atoms with van der Waals surface area (Å²) in [6.07, 6.45) is 2.77. The molecular weight excluding hydrogens is 400 g/mol. The Kier molecular flexibility index (Phi) is 8.09. The van der Waals surface area contributed by atoms with E-state index in [1.165, 1.54) is 13.8 Å². The van der Waals surface area contributed by atoms with Crippen LogP contribution >= 0.6 is 0 Å². The van der Waals surface area contributed by atoms with Crippen LogP contribution in [0.1, 0.15) is 58.6 Å². The molecule has 1 aromatic carbocycles. The van der Waals surface area contributed by atoms with E-state index in [2.05, 4.69) is 16.6 Å². The van der Waals surface area contributed by atoms with Gasteiger partial charge in [0.05, 0.1) is 11.8 Å². The van der Waals surface area contributed by atoms with E-state index in [4.69, 9.17) is 0 Å². The van der Waals surface area contributed by atoms with Crippen molar-refractivity contribution >= 4 is 15.9 Å². The lowest BCUT2D eigenvalue weighted by Crippen LogP contribution is -2.57. The van der Waals surface area contributed by atoms with Gasteiger partial charge in [0.25, 0.3) is 5.91 Å². The number of nitrogens with one attached hydrogen (secondary N) is 1. The summed E-state index contributed by atoms with van der Waals surface area (Å²) in [5.41, 5.74) is 0.332. The molecule has 0 aliphatic heterocycles. The van der Waals surface area contributed by atoms with Crippen LogP contribution in [-0.4, -0.2) is 54.3 Å². The summed E-state index contributed by atoms with van der Waals surface area (Å²) in [7, 11) is -3.45. The number of sulfonamides is 1. The van der Waals surface area contributed by atoms with Crippen molar-refractivity contribution in [1.82, 2.24) is 9.62 Å². The molecule has 0 heterocycles. The Labute approximate surface area is 181 Å². The van der Waals surface area contributed by atoms with Gasteiger partial charge in [-0.3, -0.25) is 4.79 Å². The van der Waals surface area contributed by atoms with Gasteiger partial charge in [0.15, 0.2) is 0 Å². The number of hydrogen-bond acceptors (Lipinski definition) is 4. The molecule has 0 saturated heterocycles. The zero-order valence-corrected chi connectivity index (χ0v) is 19.4. The maximum atomic E-state index is 12.9. The minimum absolute atomic E-state index is 0.0398. The van der Waals surface area contributed by atoms with Gasteiger partial charge in [-0.15, -0.1) is 0 Å². The molecule has 0 spiro atoms. The molecule has 7 heteroatoms. The lowest BCUT2D eigenvalue weighted by atomic mass is 9.96. The standard InChI is InChI=1S/C23H34N2O4S/c1-6-25(22(26)23(4,5)27)21(17(3)24-30(28,29)7-2)16-20-10-8-9-19(15-20)14-13-18-11-12-18/h8-10,15,17-18,21,24,27H,6-7,11-12,16H2,1-5H3. The van der Waals surface area contributed by atoms with Gasteiger partial charge in [-0.05, 0) is 71.6 Å². The molecule has 1 amide bonds. The first-order chi connectivity index (χ1) is 14.0. The minimum Gasteiger partial charge on any atom is -0.381 e. The third-order valence-corrected chi connectivity index (χ3v) is 6.71. The smallest absolute Gasteiger partial charge is 0.254 e. The topological polar surface area (TPSA) is 86.7 Å². The Morgan fingerprint density at radius 3 is 2.53 bits per heavy atom. The van der Waals surface area contributed by atoms with Gasteiger partial charge in [-0.25, -0.2) is 13.1 Å². The third kappa shape index (κ3) is 7.12. The van der Waals surface area contributed by atoms with Crippen LogP contribution in [0.5, 0.6) is 0 Å². The summed E-state index contributed by atoms with van der Waals surface area (Å²) in [5.74, 6) is 6.49. The van der Waals surface area contributed by atoms with Gasteiger partial charge in [0.2, 0.25) is 10.0 Å². The van der Waals surface area contributed by atoms with Gasteiger partial charge in [0.1, 0.15) is 5.60 Å². The van der Waals surface area contributed by atoms with Crippen molar-refractivity contribution in [3.05, 3.63) is 35.4 Å². The first-order valence-corrected chi connectivity index (χ1v) is 12.3. The average molecular weight is 435 g/mol. The Morgan fingerprint density at radius 1 is 1.33 bits per heavy atom. The number of rotatable bonds is 9. The largest absolute Gasteiger partial charge is 0.381 e. The Hall–Kier alpha value is -1.88. The minimum atomic E-state index is -3.45. The summed E-state index contributed by atoms with van der Waals surface area (Å²) < 4.78 is 27.0. The maximum Gasteiger partial charge on any atom is 0.254 e. The number of aliphatic hydroxyl groups is 1. The van der Waals surface area contributed by atoms with E-state index in [1.54, 1.807) is 18.7 Å². The van der Waals surface area contributed by atoms with Gasteiger partial charge >= 0.3 is 0 Å². The monoisotopic (exact) mass is 434 g/mol. The van der Waals surface area contributed by atoms with E-state index in [0.29, 0.717) is 18.9 Å². The van der Waals surface area contributed by atoms with E-state index in [1.807, 2.05) is 31.2 Å². The first-order valence-electron chi connectivity index (χ1n) is 10.6. The fraction of sp³-hybridized carbons (Fsp3) is 0.609. The number of likely N-dealkylation sites (N-methyl/N-ethyl adjacent to an activating group) is 1. The fourth-order valence-electron chi connectivity index (χ4n) is 3.31. The predicted molar refractivity (Wildman–Crippen MR) is 119 cm³/mol. The molecule has 0 aromatic heterocycles. The molecule has 0 radical (unpaired) electrons. The third-order valence-electron chi connectivity index (χ3n) is 5.22. The number of benzene rings is 1. The summed E-state index contributed by atoms with van der Waals surface area (Å²) in [5, 5.41) is 10.3. The molecule has 1 saturated carbocycles. The van der Waals surface area contributed by atoms with Gasteiger partial charge in [-0.1, -0.05) is 24.0 Å². The second-order valence-corrected chi connectivity index (χ2v) is 10.5. The number of amides is 1. The summed E-state index contributed by atoms with van der Waals surface area (Å²) >= 11 is 0. The SMILES string of the molecule is CCN(C(=O)C(C)(C)O)C(Cc1cccc(C#CC2CC2)c1)C(C)NS(=O)(=O)CC. The molecule has 1 aliphatic rings. The van der Waals surface area contributed by atoms with Crippen molar-refractivity contribution in [3.8, 4) is 11.8 Å². The highest BCUT2D eigenvalue weighted by Crippen LogP contribution is 2.27. The van der Waals surface area contributed by atoms with E-state index in [9.17, 15) is 18.3 Å². The number of nitrogens with zero attached hydrogens (tertiary/aromatic N) is 1. The molecular formula is C23H34N2O4S.